The van der Waals surface area contributed by atoms with Crippen molar-refractivity contribution in [1.82, 2.24) is 14.8 Å². The number of hydrogen-bond donors (Lipinski definition) is 0. The SMILES string of the molecule is Cn1c(CS(=O)(=O)CC2CC2)nnc1-c1ccc(Cl)cc1. The maximum atomic E-state index is 12.1. The summed E-state index contributed by atoms with van der Waals surface area (Å²) in [5, 5.41) is 8.77. The Morgan fingerprint density at radius 1 is 1.24 bits per heavy atom. The third-order valence-electron chi connectivity index (χ3n) is 3.60. The summed E-state index contributed by atoms with van der Waals surface area (Å²) in [6.07, 6.45) is 2.04. The van der Waals surface area contributed by atoms with E-state index in [4.69, 9.17) is 11.6 Å². The van der Waals surface area contributed by atoms with Gasteiger partial charge in [0.05, 0.1) is 5.75 Å². The molecule has 3 rings (SSSR count). The number of sulfone groups is 1. The molecule has 0 amide bonds. The van der Waals surface area contributed by atoms with Crippen LogP contribution in [0.15, 0.2) is 24.3 Å². The molecule has 0 aliphatic heterocycles. The molecule has 5 nitrogen and oxygen atoms in total. The normalized spacial score (nSPS) is 15.3. The van der Waals surface area contributed by atoms with Crippen molar-refractivity contribution in [1.29, 1.82) is 0 Å². The maximum absolute atomic E-state index is 12.1. The Morgan fingerprint density at radius 3 is 2.52 bits per heavy atom. The van der Waals surface area contributed by atoms with Gasteiger partial charge in [-0.25, -0.2) is 8.42 Å². The Balaban J connectivity index is 1.83. The van der Waals surface area contributed by atoms with Gasteiger partial charge in [0.15, 0.2) is 15.7 Å². The number of rotatable bonds is 5. The van der Waals surface area contributed by atoms with Crippen LogP contribution in [-0.4, -0.2) is 28.9 Å². The second-order valence-electron chi connectivity index (χ2n) is 5.50. The standard InChI is InChI=1S/C14H16ClN3O2S/c1-18-13(9-21(19,20)8-10-2-3-10)16-17-14(18)11-4-6-12(15)7-5-11/h4-7,10H,2-3,8-9H2,1H3. The third kappa shape index (κ3) is 3.44. The van der Waals surface area contributed by atoms with Crippen LogP contribution in [-0.2, 0) is 22.6 Å². The molecule has 7 heteroatoms. The molecule has 0 unspecified atom stereocenters. The molecule has 1 saturated carbocycles. The fraction of sp³-hybridized carbons (Fsp3) is 0.429. The third-order valence-corrected chi connectivity index (χ3v) is 5.53. The van der Waals surface area contributed by atoms with Gasteiger partial charge in [-0.15, -0.1) is 10.2 Å². The summed E-state index contributed by atoms with van der Waals surface area (Å²) in [5.74, 6) is 1.67. The van der Waals surface area contributed by atoms with Gasteiger partial charge in [0.1, 0.15) is 11.6 Å². The van der Waals surface area contributed by atoms with Crippen molar-refractivity contribution in [2.75, 3.05) is 5.75 Å². The van der Waals surface area contributed by atoms with Crippen LogP contribution < -0.4 is 0 Å². The summed E-state index contributed by atoms with van der Waals surface area (Å²) >= 11 is 5.86. The van der Waals surface area contributed by atoms with Crippen LogP contribution in [0.25, 0.3) is 11.4 Å². The first-order valence-corrected chi connectivity index (χ1v) is 8.99. The summed E-state index contributed by atoms with van der Waals surface area (Å²) in [6, 6.07) is 7.23. The van der Waals surface area contributed by atoms with Gasteiger partial charge in [-0.1, -0.05) is 11.6 Å². The van der Waals surface area contributed by atoms with E-state index in [-0.39, 0.29) is 11.5 Å². The first kappa shape index (κ1) is 14.5. The first-order chi connectivity index (χ1) is 9.94. The van der Waals surface area contributed by atoms with E-state index < -0.39 is 9.84 Å². The molecule has 0 radical (unpaired) electrons. The summed E-state index contributed by atoms with van der Waals surface area (Å²) in [7, 11) is -1.33. The minimum absolute atomic E-state index is 0.0550. The lowest BCUT2D eigenvalue weighted by Gasteiger charge is -2.05. The Labute approximate surface area is 128 Å². The predicted octanol–water partition coefficient (Wildman–Crippen LogP) is 2.46. The molecule has 0 atom stereocenters. The van der Waals surface area contributed by atoms with Crippen molar-refractivity contribution in [2.24, 2.45) is 13.0 Å². The molecular formula is C14H16ClN3O2S. The molecule has 1 aromatic heterocycles. The molecule has 0 N–H and O–H groups in total. The van der Waals surface area contributed by atoms with Crippen LogP contribution in [0.2, 0.25) is 5.02 Å². The molecule has 0 spiro atoms. The van der Waals surface area contributed by atoms with Gasteiger partial charge >= 0.3 is 0 Å². The van der Waals surface area contributed by atoms with Gasteiger partial charge in [-0.2, -0.15) is 0 Å². The monoisotopic (exact) mass is 325 g/mol. The summed E-state index contributed by atoms with van der Waals surface area (Å²) in [6.45, 7) is 0. The molecule has 0 saturated heterocycles. The van der Waals surface area contributed by atoms with Crippen molar-refractivity contribution in [3.63, 3.8) is 0 Å². The van der Waals surface area contributed by atoms with E-state index in [0.717, 1.165) is 18.4 Å². The molecule has 1 aliphatic carbocycles. The average molecular weight is 326 g/mol. The number of benzene rings is 1. The molecule has 1 aromatic carbocycles. The summed E-state index contributed by atoms with van der Waals surface area (Å²) in [4.78, 5) is 0. The van der Waals surface area contributed by atoms with E-state index in [2.05, 4.69) is 10.2 Å². The quantitative estimate of drug-likeness (QED) is 0.847. The lowest BCUT2D eigenvalue weighted by molar-refractivity contribution is 0.588. The fourth-order valence-corrected chi connectivity index (χ4v) is 4.18. The highest BCUT2D eigenvalue weighted by molar-refractivity contribution is 7.90. The van der Waals surface area contributed by atoms with Crippen molar-refractivity contribution in [3.8, 4) is 11.4 Å². The first-order valence-electron chi connectivity index (χ1n) is 6.79. The molecule has 1 fully saturated rings. The molecule has 112 valence electrons. The molecule has 0 bridgehead atoms. The van der Waals surface area contributed by atoms with E-state index in [1.807, 2.05) is 12.1 Å². The van der Waals surface area contributed by atoms with Crippen LogP contribution in [0.4, 0.5) is 0 Å². The fourth-order valence-electron chi connectivity index (χ4n) is 2.24. The Morgan fingerprint density at radius 2 is 1.90 bits per heavy atom. The number of aromatic nitrogens is 3. The zero-order valence-electron chi connectivity index (χ0n) is 11.7. The lowest BCUT2D eigenvalue weighted by Crippen LogP contribution is -2.14. The highest BCUT2D eigenvalue weighted by Crippen LogP contribution is 2.31. The molecule has 21 heavy (non-hydrogen) atoms. The van der Waals surface area contributed by atoms with E-state index in [1.54, 1.807) is 23.7 Å². The average Bonchev–Trinajstić information content (AvgIpc) is 3.15. The molecule has 1 heterocycles. The van der Waals surface area contributed by atoms with Gasteiger partial charge in [0.2, 0.25) is 0 Å². The van der Waals surface area contributed by atoms with Crippen LogP contribution in [0, 0.1) is 5.92 Å². The van der Waals surface area contributed by atoms with Crippen molar-refractivity contribution < 1.29 is 8.42 Å². The number of hydrogen-bond acceptors (Lipinski definition) is 4. The topological polar surface area (TPSA) is 64.8 Å². The van der Waals surface area contributed by atoms with E-state index >= 15 is 0 Å². The van der Waals surface area contributed by atoms with E-state index in [1.165, 1.54) is 0 Å². The van der Waals surface area contributed by atoms with Crippen LogP contribution in [0.3, 0.4) is 0 Å². The molecular weight excluding hydrogens is 310 g/mol. The van der Waals surface area contributed by atoms with Gasteiger partial charge < -0.3 is 4.57 Å². The van der Waals surface area contributed by atoms with E-state index in [9.17, 15) is 8.42 Å². The maximum Gasteiger partial charge on any atom is 0.163 e. The van der Waals surface area contributed by atoms with Gasteiger partial charge in [0, 0.05) is 17.6 Å². The Kier molecular flexibility index (Phi) is 3.75. The molecule has 2 aromatic rings. The minimum atomic E-state index is -3.11. The van der Waals surface area contributed by atoms with Crippen molar-refractivity contribution >= 4 is 21.4 Å². The predicted molar refractivity (Wildman–Crippen MR) is 81.7 cm³/mol. The van der Waals surface area contributed by atoms with Crippen LogP contribution in [0.1, 0.15) is 18.7 Å². The van der Waals surface area contributed by atoms with Crippen molar-refractivity contribution in [3.05, 3.63) is 35.1 Å². The van der Waals surface area contributed by atoms with Crippen molar-refractivity contribution in [2.45, 2.75) is 18.6 Å². The zero-order chi connectivity index (χ0) is 15.0. The molecule has 1 aliphatic rings. The van der Waals surface area contributed by atoms with Crippen LogP contribution in [0.5, 0.6) is 0 Å². The summed E-state index contributed by atoms with van der Waals surface area (Å²) < 4.78 is 25.9. The second kappa shape index (κ2) is 5.42. The largest absolute Gasteiger partial charge is 0.313 e. The van der Waals surface area contributed by atoms with Gasteiger partial charge in [0.25, 0.3) is 0 Å². The highest BCUT2D eigenvalue weighted by Gasteiger charge is 2.29. The van der Waals surface area contributed by atoms with Gasteiger partial charge in [-0.3, -0.25) is 0 Å². The summed E-state index contributed by atoms with van der Waals surface area (Å²) in [5.41, 5.74) is 0.861. The lowest BCUT2D eigenvalue weighted by atomic mass is 10.2. The minimum Gasteiger partial charge on any atom is -0.313 e. The number of nitrogens with zero attached hydrogens (tertiary/aromatic N) is 3. The second-order valence-corrected chi connectivity index (χ2v) is 8.05. The zero-order valence-corrected chi connectivity index (χ0v) is 13.2. The number of halogens is 1. The van der Waals surface area contributed by atoms with E-state index in [0.29, 0.717) is 22.6 Å². The smallest absolute Gasteiger partial charge is 0.163 e. The van der Waals surface area contributed by atoms with Gasteiger partial charge in [-0.05, 0) is 43.0 Å². The Hall–Kier alpha value is -1.40. The Bertz CT molecular complexity index is 749. The van der Waals surface area contributed by atoms with Crippen LogP contribution >= 0.6 is 11.6 Å². The highest BCUT2D eigenvalue weighted by atomic mass is 35.5.